The van der Waals surface area contributed by atoms with Crippen molar-refractivity contribution in [2.45, 2.75) is 51.2 Å². The van der Waals surface area contributed by atoms with Crippen LogP contribution in [-0.2, 0) is 12.8 Å². The standard InChI is InChI=1S/C16H22N2O/c1-12(10-16(2,11-17)18-3)19-15-8-7-13-5-4-6-14(13)9-15/h7-9,12,18H,4-6,10H2,1-3H3. The molecule has 0 fully saturated rings. The molecule has 0 heterocycles. The molecule has 1 N–H and O–H groups in total. The summed E-state index contributed by atoms with van der Waals surface area (Å²) in [5.74, 6) is 0.921. The molecule has 3 nitrogen and oxygen atoms in total. The fraction of sp³-hybridized carbons (Fsp3) is 0.562. The first-order valence-electron chi connectivity index (χ1n) is 6.95. The van der Waals surface area contributed by atoms with E-state index in [0.717, 1.165) is 12.2 Å². The van der Waals surface area contributed by atoms with Gasteiger partial charge in [0, 0.05) is 6.42 Å². The lowest BCUT2D eigenvalue weighted by atomic mass is 9.97. The van der Waals surface area contributed by atoms with E-state index in [1.807, 2.05) is 27.0 Å². The van der Waals surface area contributed by atoms with E-state index in [1.54, 1.807) is 0 Å². The molecule has 1 aromatic rings. The number of nitriles is 1. The highest BCUT2D eigenvalue weighted by atomic mass is 16.5. The molecule has 0 radical (unpaired) electrons. The van der Waals surface area contributed by atoms with Gasteiger partial charge in [-0.2, -0.15) is 5.26 Å². The van der Waals surface area contributed by atoms with Gasteiger partial charge in [0.1, 0.15) is 11.3 Å². The van der Waals surface area contributed by atoms with E-state index in [1.165, 1.54) is 24.0 Å². The summed E-state index contributed by atoms with van der Waals surface area (Å²) < 4.78 is 5.95. The number of ether oxygens (including phenoxy) is 1. The Morgan fingerprint density at radius 3 is 2.84 bits per heavy atom. The largest absolute Gasteiger partial charge is 0.491 e. The highest BCUT2D eigenvalue weighted by Gasteiger charge is 2.25. The van der Waals surface area contributed by atoms with Crippen molar-refractivity contribution in [3.05, 3.63) is 29.3 Å². The van der Waals surface area contributed by atoms with Crippen LogP contribution in [0.3, 0.4) is 0 Å². The molecule has 0 amide bonds. The highest BCUT2D eigenvalue weighted by Crippen LogP contribution is 2.27. The van der Waals surface area contributed by atoms with E-state index >= 15 is 0 Å². The summed E-state index contributed by atoms with van der Waals surface area (Å²) in [6.07, 6.45) is 4.28. The number of nitrogens with one attached hydrogen (secondary N) is 1. The Hall–Kier alpha value is -1.53. The normalized spacial score (nSPS) is 18.2. The first-order chi connectivity index (χ1) is 9.06. The van der Waals surface area contributed by atoms with Crippen molar-refractivity contribution in [1.29, 1.82) is 5.26 Å². The molecule has 0 aromatic heterocycles. The van der Waals surface area contributed by atoms with Crippen molar-refractivity contribution in [2.24, 2.45) is 0 Å². The first kappa shape index (κ1) is 13.9. The summed E-state index contributed by atoms with van der Waals surface area (Å²) >= 11 is 0. The van der Waals surface area contributed by atoms with Crippen LogP contribution in [-0.4, -0.2) is 18.7 Å². The summed E-state index contributed by atoms with van der Waals surface area (Å²) in [6, 6.07) is 8.67. The summed E-state index contributed by atoms with van der Waals surface area (Å²) in [5.41, 5.74) is 2.34. The highest BCUT2D eigenvalue weighted by molar-refractivity contribution is 5.38. The number of rotatable bonds is 5. The van der Waals surface area contributed by atoms with Crippen molar-refractivity contribution < 1.29 is 4.74 Å². The Morgan fingerprint density at radius 1 is 1.42 bits per heavy atom. The predicted molar refractivity (Wildman–Crippen MR) is 76.3 cm³/mol. The number of nitrogens with zero attached hydrogens (tertiary/aromatic N) is 1. The lowest BCUT2D eigenvalue weighted by Crippen LogP contribution is -2.41. The zero-order valence-electron chi connectivity index (χ0n) is 12.0. The van der Waals surface area contributed by atoms with E-state index in [2.05, 4.69) is 23.5 Å². The summed E-state index contributed by atoms with van der Waals surface area (Å²) in [7, 11) is 1.81. The van der Waals surface area contributed by atoms with Gasteiger partial charge < -0.3 is 10.1 Å². The van der Waals surface area contributed by atoms with Gasteiger partial charge in [-0.25, -0.2) is 0 Å². The number of benzene rings is 1. The molecule has 0 bridgehead atoms. The monoisotopic (exact) mass is 258 g/mol. The van der Waals surface area contributed by atoms with Gasteiger partial charge in [0.05, 0.1) is 12.2 Å². The van der Waals surface area contributed by atoms with Gasteiger partial charge in [0.25, 0.3) is 0 Å². The minimum atomic E-state index is -0.532. The van der Waals surface area contributed by atoms with Crippen molar-refractivity contribution >= 4 is 0 Å². The molecule has 1 aliphatic rings. The van der Waals surface area contributed by atoms with Gasteiger partial charge in [-0.1, -0.05) is 6.07 Å². The molecule has 19 heavy (non-hydrogen) atoms. The minimum Gasteiger partial charge on any atom is -0.491 e. The van der Waals surface area contributed by atoms with Crippen LogP contribution in [0.5, 0.6) is 5.75 Å². The molecule has 0 spiro atoms. The molecule has 3 heteroatoms. The quantitative estimate of drug-likeness (QED) is 0.883. The van der Waals surface area contributed by atoms with Crippen LogP contribution in [0.1, 0.15) is 37.8 Å². The SMILES string of the molecule is CNC(C)(C#N)CC(C)Oc1ccc2c(c1)CCC2. The van der Waals surface area contributed by atoms with Crippen LogP contribution in [0, 0.1) is 11.3 Å². The Bertz CT molecular complexity index is 492. The number of fused-ring (bicyclic) bond motifs is 1. The average Bonchev–Trinajstić information content (AvgIpc) is 2.85. The second-order valence-electron chi connectivity index (χ2n) is 5.61. The van der Waals surface area contributed by atoms with E-state index < -0.39 is 5.54 Å². The second kappa shape index (κ2) is 5.63. The zero-order chi connectivity index (χ0) is 13.9. The third-order valence-electron chi connectivity index (χ3n) is 3.90. The fourth-order valence-electron chi connectivity index (χ4n) is 2.67. The van der Waals surface area contributed by atoms with E-state index in [-0.39, 0.29) is 6.10 Å². The maximum atomic E-state index is 9.16. The second-order valence-corrected chi connectivity index (χ2v) is 5.61. The topological polar surface area (TPSA) is 45.0 Å². The summed E-state index contributed by atoms with van der Waals surface area (Å²) in [6.45, 7) is 3.91. The molecule has 0 saturated heterocycles. The molecule has 1 aromatic carbocycles. The van der Waals surface area contributed by atoms with Crippen LogP contribution in [0.15, 0.2) is 18.2 Å². The maximum absolute atomic E-state index is 9.16. The molecule has 1 aliphatic carbocycles. The van der Waals surface area contributed by atoms with E-state index in [9.17, 15) is 0 Å². The zero-order valence-corrected chi connectivity index (χ0v) is 12.0. The van der Waals surface area contributed by atoms with Crippen LogP contribution in [0.25, 0.3) is 0 Å². The van der Waals surface area contributed by atoms with Crippen molar-refractivity contribution in [3.8, 4) is 11.8 Å². The smallest absolute Gasteiger partial charge is 0.119 e. The molecule has 2 rings (SSSR count). The van der Waals surface area contributed by atoms with Gasteiger partial charge in [-0.3, -0.25) is 0 Å². The number of hydrogen-bond donors (Lipinski definition) is 1. The van der Waals surface area contributed by atoms with Crippen LogP contribution in [0.2, 0.25) is 0 Å². The third-order valence-corrected chi connectivity index (χ3v) is 3.90. The number of hydrogen-bond acceptors (Lipinski definition) is 3. The van der Waals surface area contributed by atoms with Gasteiger partial charge >= 0.3 is 0 Å². The lowest BCUT2D eigenvalue weighted by Gasteiger charge is -2.25. The Labute approximate surface area is 115 Å². The van der Waals surface area contributed by atoms with Gasteiger partial charge in [-0.05, 0) is 63.4 Å². The van der Waals surface area contributed by atoms with E-state index in [0.29, 0.717) is 6.42 Å². The Morgan fingerprint density at radius 2 is 2.16 bits per heavy atom. The maximum Gasteiger partial charge on any atom is 0.119 e. The summed E-state index contributed by atoms with van der Waals surface area (Å²) in [5, 5.41) is 12.2. The van der Waals surface area contributed by atoms with Crippen LogP contribution in [0.4, 0.5) is 0 Å². The minimum absolute atomic E-state index is 0.0107. The summed E-state index contributed by atoms with van der Waals surface area (Å²) in [4.78, 5) is 0. The first-order valence-corrected chi connectivity index (χ1v) is 6.95. The van der Waals surface area contributed by atoms with Gasteiger partial charge in [0.2, 0.25) is 0 Å². The predicted octanol–water partition coefficient (Wildman–Crippen LogP) is 2.83. The Kier molecular flexibility index (Phi) is 4.11. The van der Waals surface area contributed by atoms with Gasteiger partial charge in [-0.15, -0.1) is 0 Å². The van der Waals surface area contributed by atoms with Crippen molar-refractivity contribution in [1.82, 2.24) is 5.32 Å². The third kappa shape index (κ3) is 3.27. The Balaban J connectivity index is 2.00. The van der Waals surface area contributed by atoms with Crippen LogP contribution < -0.4 is 10.1 Å². The van der Waals surface area contributed by atoms with Crippen molar-refractivity contribution in [2.75, 3.05) is 7.05 Å². The molecule has 0 saturated carbocycles. The van der Waals surface area contributed by atoms with Gasteiger partial charge in [0.15, 0.2) is 0 Å². The molecule has 102 valence electrons. The van der Waals surface area contributed by atoms with Crippen LogP contribution >= 0.6 is 0 Å². The molecule has 2 atom stereocenters. The lowest BCUT2D eigenvalue weighted by molar-refractivity contribution is 0.182. The molecular weight excluding hydrogens is 236 g/mol. The average molecular weight is 258 g/mol. The number of aryl methyl sites for hydroxylation is 2. The van der Waals surface area contributed by atoms with E-state index in [4.69, 9.17) is 10.00 Å². The molecular formula is C16H22N2O. The van der Waals surface area contributed by atoms with Crippen molar-refractivity contribution in [3.63, 3.8) is 0 Å². The fourth-order valence-corrected chi connectivity index (χ4v) is 2.67. The molecule has 0 aliphatic heterocycles. The molecule has 2 unspecified atom stereocenters.